The molecule has 2 heterocycles. The number of carboxylic acids is 1. The topological polar surface area (TPSA) is 319 Å². The predicted molar refractivity (Wildman–Crippen MR) is 227 cm³/mol. The summed E-state index contributed by atoms with van der Waals surface area (Å²) in [7, 11) is 0. The number of hydrogen-bond acceptors (Lipinski definition) is 12. The quantitative estimate of drug-likeness (QED) is 0.0639. The van der Waals surface area contributed by atoms with Crippen LogP contribution in [0.25, 0.3) is 0 Å². The summed E-state index contributed by atoms with van der Waals surface area (Å²) < 4.78 is 0. The lowest BCUT2D eigenvalue weighted by atomic mass is 10.0. The molecule has 350 valence electrons. The SMILES string of the molecule is CC(C)C[C@H](NC(=O)[C@@H](N)Cc1ccc(O)cc1)C(=O)N[C@@H](C)C(=O)N1CCC[C@H]1C(=O)NCC(=O)N1CCC[C@H]1C(=O)N[C@H](C(=O)N[C@H](C(=O)N[C@@H](C)C(=O)O)[C@@H](C)O)C(C)C. The van der Waals surface area contributed by atoms with E-state index in [0.29, 0.717) is 24.8 Å². The number of phenolic OH excluding ortho intramolecular Hbond substituents is 1. The van der Waals surface area contributed by atoms with Gasteiger partial charge in [0, 0.05) is 13.1 Å². The van der Waals surface area contributed by atoms with Crippen LogP contribution in [0.2, 0.25) is 0 Å². The van der Waals surface area contributed by atoms with Crippen LogP contribution in [-0.4, -0.2) is 152 Å². The number of hydrogen-bond donors (Lipinski definition) is 10. The molecule has 2 aliphatic rings. The Bertz CT molecular complexity index is 1820. The van der Waals surface area contributed by atoms with Gasteiger partial charge in [-0.2, -0.15) is 0 Å². The normalized spacial score (nSPS) is 19.5. The highest BCUT2D eigenvalue weighted by atomic mass is 16.4. The van der Waals surface area contributed by atoms with E-state index < -0.39 is 120 Å². The molecular formula is C42H65N9O12. The number of nitrogens with zero attached hydrogens (tertiary/aromatic N) is 2. The van der Waals surface area contributed by atoms with Crippen LogP contribution in [0, 0.1) is 11.8 Å². The van der Waals surface area contributed by atoms with Crippen LogP contribution >= 0.6 is 0 Å². The molecule has 0 spiro atoms. The van der Waals surface area contributed by atoms with Crippen molar-refractivity contribution in [3.05, 3.63) is 29.8 Å². The van der Waals surface area contributed by atoms with Crippen molar-refractivity contribution in [2.45, 2.75) is 141 Å². The van der Waals surface area contributed by atoms with Crippen molar-refractivity contribution in [3.8, 4) is 5.75 Å². The fourth-order valence-corrected chi connectivity index (χ4v) is 7.41. The Morgan fingerprint density at radius 3 is 1.81 bits per heavy atom. The number of nitrogens with two attached hydrogens (primary N) is 1. The van der Waals surface area contributed by atoms with Crippen molar-refractivity contribution >= 4 is 53.2 Å². The number of phenols is 1. The number of aliphatic hydroxyl groups is 1. The maximum atomic E-state index is 13.6. The first-order valence-electron chi connectivity index (χ1n) is 21.4. The van der Waals surface area contributed by atoms with Crippen molar-refractivity contribution in [1.82, 2.24) is 41.7 Å². The monoisotopic (exact) mass is 887 g/mol. The van der Waals surface area contributed by atoms with Crippen LogP contribution in [-0.2, 0) is 49.6 Å². The number of aliphatic carboxylic acids is 1. The molecule has 21 heteroatoms. The molecule has 0 aromatic heterocycles. The Kier molecular flexibility index (Phi) is 19.3. The van der Waals surface area contributed by atoms with E-state index in [1.807, 2.05) is 13.8 Å². The summed E-state index contributed by atoms with van der Waals surface area (Å²) in [5.41, 5.74) is 6.84. The van der Waals surface area contributed by atoms with Gasteiger partial charge in [-0.3, -0.25) is 43.2 Å². The maximum absolute atomic E-state index is 13.6. The second-order valence-electron chi connectivity index (χ2n) is 17.1. The first kappa shape index (κ1) is 51.5. The van der Waals surface area contributed by atoms with Crippen LogP contribution in [0.1, 0.15) is 86.1 Å². The van der Waals surface area contributed by atoms with Crippen molar-refractivity contribution in [3.63, 3.8) is 0 Å². The van der Waals surface area contributed by atoms with Gasteiger partial charge in [0.1, 0.15) is 48.0 Å². The molecule has 0 bridgehead atoms. The molecular weight excluding hydrogens is 823 g/mol. The summed E-state index contributed by atoms with van der Waals surface area (Å²) in [5, 5.41) is 44.0. The molecule has 0 unspecified atom stereocenters. The Labute approximate surface area is 367 Å². The standard InChI is InChI=1S/C42H65N9O12/c1-21(2)18-29(47-35(55)28(43)19-26-12-14-27(53)15-13-26)36(56)45-23(5)41(61)51-17-9-10-30(51)37(57)44-20-32(54)50-16-8-11-31(50)38(58)48-33(22(3)4)39(59)49-34(25(7)52)40(60)46-24(6)42(62)63/h12-15,21-25,28-31,33-34,52-53H,8-11,16-20,43H2,1-7H3,(H,44,57)(H,45,56)(H,46,60)(H,47,55)(H,48,58)(H,49,59)(H,62,63)/t23-,24-,25+,28-,29-,30-,31-,33-,34-/m0/s1. The van der Waals surface area contributed by atoms with E-state index in [2.05, 4.69) is 31.9 Å². The van der Waals surface area contributed by atoms with Crippen molar-refractivity contribution in [1.29, 1.82) is 0 Å². The van der Waals surface area contributed by atoms with Gasteiger partial charge in [0.15, 0.2) is 0 Å². The van der Waals surface area contributed by atoms with Gasteiger partial charge in [0.05, 0.1) is 18.7 Å². The van der Waals surface area contributed by atoms with Gasteiger partial charge in [-0.1, -0.05) is 39.8 Å². The van der Waals surface area contributed by atoms with Crippen molar-refractivity contribution < 1.29 is 58.5 Å². The maximum Gasteiger partial charge on any atom is 0.325 e. The number of aromatic hydroxyl groups is 1. The number of rotatable bonds is 21. The summed E-state index contributed by atoms with van der Waals surface area (Å²) in [6.45, 7) is 10.8. The highest BCUT2D eigenvalue weighted by molar-refractivity contribution is 5.97. The first-order chi connectivity index (χ1) is 29.5. The Morgan fingerprint density at radius 2 is 1.25 bits per heavy atom. The largest absolute Gasteiger partial charge is 0.508 e. The van der Waals surface area contributed by atoms with Crippen LogP contribution in [0.4, 0.5) is 0 Å². The fourth-order valence-electron chi connectivity index (χ4n) is 7.41. The number of likely N-dealkylation sites (tertiary alicyclic amines) is 2. The molecule has 1 aromatic carbocycles. The summed E-state index contributed by atoms with van der Waals surface area (Å²) in [6.07, 6.45) is 0.468. The van der Waals surface area contributed by atoms with Gasteiger partial charge in [0.25, 0.3) is 0 Å². The molecule has 0 radical (unpaired) electrons. The molecule has 11 N–H and O–H groups in total. The summed E-state index contributed by atoms with van der Waals surface area (Å²) in [5.74, 6) is -7.12. The molecule has 3 rings (SSSR count). The lowest BCUT2D eigenvalue weighted by molar-refractivity contribution is -0.143. The van der Waals surface area contributed by atoms with E-state index in [1.54, 1.807) is 26.0 Å². The zero-order chi connectivity index (χ0) is 47.3. The van der Waals surface area contributed by atoms with Gasteiger partial charge >= 0.3 is 5.97 Å². The molecule has 0 saturated carbocycles. The highest BCUT2D eigenvalue weighted by Gasteiger charge is 2.40. The van der Waals surface area contributed by atoms with Crippen molar-refractivity contribution in [2.24, 2.45) is 17.6 Å². The number of aliphatic hydroxyl groups excluding tert-OH is 1. The number of carboxylic acid groups (broad SMARTS) is 1. The third-order valence-electron chi connectivity index (χ3n) is 11.0. The van der Waals surface area contributed by atoms with Gasteiger partial charge in [-0.05, 0) is 88.8 Å². The number of nitrogens with one attached hydrogen (secondary N) is 6. The predicted octanol–water partition coefficient (Wildman–Crippen LogP) is -2.01. The molecule has 21 nitrogen and oxygen atoms in total. The van der Waals surface area contributed by atoms with Crippen molar-refractivity contribution in [2.75, 3.05) is 19.6 Å². The minimum atomic E-state index is -1.53. The summed E-state index contributed by atoms with van der Waals surface area (Å²) >= 11 is 0. The van der Waals surface area contributed by atoms with E-state index in [1.165, 1.54) is 42.7 Å². The fraction of sp³-hybridized carbons (Fsp3) is 0.643. The lowest BCUT2D eigenvalue weighted by Gasteiger charge is -2.30. The second kappa shape index (κ2) is 23.6. The van der Waals surface area contributed by atoms with Gasteiger partial charge in [0.2, 0.25) is 47.3 Å². The zero-order valence-electron chi connectivity index (χ0n) is 37.0. The van der Waals surface area contributed by atoms with Gasteiger partial charge in [-0.15, -0.1) is 0 Å². The van der Waals surface area contributed by atoms with Gasteiger partial charge < -0.3 is 62.8 Å². The van der Waals surface area contributed by atoms with Gasteiger partial charge in [-0.25, -0.2) is 0 Å². The third kappa shape index (κ3) is 14.9. The Hall–Kier alpha value is -5.83. The summed E-state index contributed by atoms with van der Waals surface area (Å²) in [4.78, 5) is 120. The smallest absolute Gasteiger partial charge is 0.325 e. The molecule has 8 amide bonds. The minimum Gasteiger partial charge on any atom is -0.508 e. The highest BCUT2D eigenvalue weighted by Crippen LogP contribution is 2.21. The van der Waals surface area contributed by atoms with E-state index in [-0.39, 0.29) is 44.0 Å². The minimum absolute atomic E-state index is 0.0164. The van der Waals surface area contributed by atoms with E-state index in [0.717, 1.165) is 0 Å². The average Bonchev–Trinajstić information content (AvgIpc) is 3.92. The van der Waals surface area contributed by atoms with Crippen LogP contribution in [0.15, 0.2) is 24.3 Å². The van der Waals surface area contributed by atoms with E-state index in [4.69, 9.17) is 10.8 Å². The molecule has 9 atom stereocenters. The zero-order valence-corrected chi connectivity index (χ0v) is 37.0. The Balaban J connectivity index is 1.58. The number of carbonyl (C=O) groups is 9. The molecule has 2 fully saturated rings. The lowest BCUT2D eigenvalue weighted by Crippen LogP contribution is -2.61. The van der Waals surface area contributed by atoms with Crippen LogP contribution in [0.3, 0.4) is 0 Å². The summed E-state index contributed by atoms with van der Waals surface area (Å²) in [6, 6.07) is -2.85. The third-order valence-corrected chi connectivity index (χ3v) is 11.0. The molecule has 63 heavy (non-hydrogen) atoms. The Morgan fingerprint density at radius 1 is 0.698 bits per heavy atom. The molecule has 1 aromatic rings. The van der Waals surface area contributed by atoms with E-state index in [9.17, 15) is 53.4 Å². The van der Waals surface area contributed by atoms with Crippen LogP contribution < -0.4 is 37.6 Å². The number of carbonyl (C=O) groups excluding carboxylic acids is 8. The number of benzene rings is 1. The molecule has 2 aliphatic heterocycles. The van der Waals surface area contributed by atoms with E-state index >= 15 is 0 Å². The molecule has 2 saturated heterocycles. The second-order valence-corrected chi connectivity index (χ2v) is 17.1. The molecule has 0 aliphatic carbocycles. The first-order valence-corrected chi connectivity index (χ1v) is 21.4. The van der Waals surface area contributed by atoms with Crippen LogP contribution in [0.5, 0.6) is 5.75 Å². The number of amides is 8. The average molecular weight is 888 g/mol.